The third kappa shape index (κ3) is 5.20. The van der Waals surface area contributed by atoms with Crippen LogP contribution >= 0.6 is 15.9 Å². The van der Waals surface area contributed by atoms with E-state index in [1.807, 2.05) is 0 Å². The molecule has 17 heavy (non-hydrogen) atoms. The first-order valence-electron chi connectivity index (χ1n) is 4.24. The van der Waals surface area contributed by atoms with Crippen molar-refractivity contribution in [2.45, 2.75) is 12.8 Å². The zero-order valence-corrected chi connectivity index (χ0v) is 9.69. The van der Waals surface area contributed by atoms with Crippen LogP contribution in [-0.4, -0.2) is 19.4 Å². The van der Waals surface area contributed by atoms with Gasteiger partial charge in [-0.15, -0.1) is 13.2 Å². The van der Waals surface area contributed by atoms with Crippen LogP contribution in [0.4, 0.5) is 22.0 Å². The molecule has 0 atom stereocenters. The number of hydrogen-bond donors (Lipinski definition) is 0. The maximum atomic E-state index is 12.0. The highest BCUT2D eigenvalue weighted by Crippen LogP contribution is 2.34. The van der Waals surface area contributed by atoms with Crippen LogP contribution in [0.3, 0.4) is 0 Å². The second-order valence-corrected chi connectivity index (χ2v) is 3.76. The first kappa shape index (κ1) is 14.0. The van der Waals surface area contributed by atoms with Crippen molar-refractivity contribution in [1.82, 2.24) is 0 Å². The molecule has 0 aromatic heterocycles. The summed E-state index contributed by atoms with van der Waals surface area (Å²) in [5.74, 6) is -1.07. The molecule has 0 fully saturated rings. The largest absolute Gasteiger partial charge is 0.573 e. The summed E-state index contributed by atoms with van der Waals surface area (Å²) in [5, 5.41) is 0. The molecule has 0 N–H and O–H groups in total. The van der Waals surface area contributed by atoms with Gasteiger partial charge in [0.1, 0.15) is 6.61 Å². The van der Waals surface area contributed by atoms with E-state index in [2.05, 4.69) is 25.4 Å². The van der Waals surface area contributed by atoms with Gasteiger partial charge in [-0.05, 0) is 18.2 Å². The lowest BCUT2D eigenvalue weighted by atomic mass is 10.3. The Labute approximate surface area is 101 Å². The minimum atomic E-state index is -4.91. The second kappa shape index (κ2) is 5.52. The summed E-state index contributed by atoms with van der Waals surface area (Å²) in [7, 11) is 0. The Morgan fingerprint density at radius 3 is 2.35 bits per heavy atom. The highest BCUT2D eigenvalue weighted by molar-refractivity contribution is 9.10. The van der Waals surface area contributed by atoms with Gasteiger partial charge in [0.05, 0.1) is 0 Å². The Hall–Kier alpha value is -1.05. The molecule has 8 heteroatoms. The van der Waals surface area contributed by atoms with E-state index in [9.17, 15) is 22.0 Å². The smallest absolute Gasteiger partial charge is 0.484 e. The van der Waals surface area contributed by atoms with E-state index in [1.165, 1.54) is 6.07 Å². The van der Waals surface area contributed by atoms with Crippen molar-refractivity contribution < 1.29 is 31.4 Å². The molecule has 1 rings (SSSR count). The maximum Gasteiger partial charge on any atom is 0.573 e. The third-order valence-electron chi connectivity index (χ3n) is 1.50. The van der Waals surface area contributed by atoms with Crippen LogP contribution in [0, 0.1) is 0 Å². The fourth-order valence-corrected chi connectivity index (χ4v) is 1.30. The Morgan fingerprint density at radius 2 is 1.82 bits per heavy atom. The Bertz CT molecular complexity index is 380. The predicted molar refractivity (Wildman–Crippen MR) is 52.3 cm³/mol. The standard InChI is InChI=1S/C9H6BrF5O2/c10-5-1-2-6(16-4-8(11)12)7(3-5)17-9(13,14)15/h1-3,8H,4H2. The Morgan fingerprint density at radius 1 is 1.18 bits per heavy atom. The van der Waals surface area contributed by atoms with Gasteiger partial charge in [-0.2, -0.15) is 0 Å². The fraction of sp³-hybridized carbons (Fsp3) is 0.333. The summed E-state index contributed by atoms with van der Waals surface area (Å²) in [6, 6.07) is 3.44. The van der Waals surface area contributed by atoms with E-state index in [0.29, 0.717) is 4.47 Å². The molecule has 0 unspecified atom stereocenters. The van der Waals surface area contributed by atoms with E-state index in [1.54, 1.807) is 0 Å². The maximum absolute atomic E-state index is 12.0. The number of hydrogen-bond acceptors (Lipinski definition) is 2. The number of ether oxygens (including phenoxy) is 2. The molecule has 0 saturated heterocycles. The van der Waals surface area contributed by atoms with Crippen molar-refractivity contribution in [3.8, 4) is 11.5 Å². The van der Waals surface area contributed by atoms with Crippen LogP contribution in [0.2, 0.25) is 0 Å². The first-order valence-corrected chi connectivity index (χ1v) is 5.03. The van der Waals surface area contributed by atoms with E-state index >= 15 is 0 Å². The molecule has 0 aliphatic carbocycles. The van der Waals surface area contributed by atoms with Crippen molar-refractivity contribution in [3.63, 3.8) is 0 Å². The van der Waals surface area contributed by atoms with Crippen LogP contribution in [0.25, 0.3) is 0 Å². The molecule has 0 heterocycles. The summed E-state index contributed by atoms with van der Waals surface area (Å²) in [5.41, 5.74) is 0. The van der Waals surface area contributed by atoms with Gasteiger partial charge in [0.25, 0.3) is 6.43 Å². The first-order chi connectivity index (χ1) is 7.78. The lowest BCUT2D eigenvalue weighted by Crippen LogP contribution is -2.18. The van der Waals surface area contributed by atoms with Gasteiger partial charge in [0, 0.05) is 4.47 Å². The lowest BCUT2D eigenvalue weighted by molar-refractivity contribution is -0.275. The summed E-state index contributed by atoms with van der Waals surface area (Å²) in [6.45, 7) is -1.00. The van der Waals surface area contributed by atoms with Gasteiger partial charge in [-0.1, -0.05) is 15.9 Å². The van der Waals surface area contributed by atoms with Crippen molar-refractivity contribution in [3.05, 3.63) is 22.7 Å². The summed E-state index contributed by atoms with van der Waals surface area (Å²) < 4.78 is 68.2. The van der Waals surface area contributed by atoms with Gasteiger partial charge in [0.15, 0.2) is 11.5 Å². The number of benzene rings is 1. The quantitative estimate of drug-likeness (QED) is 0.781. The van der Waals surface area contributed by atoms with Crippen molar-refractivity contribution in [2.24, 2.45) is 0 Å². The molecule has 96 valence electrons. The summed E-state index contributed by atoms with van der Waals surface area (Å²) in [4.78, 5) is 0. The van der Waals surface area contributed by atoms with Crippen LogP contribution < -0.4 is 9.47 Å². The van der Waals surface area contributed by atoms with Gasteiger partial charge >= 0.3 is 6.36 Å². The van der Waals surface area contributed by atoms with Crippen LogP contribution in [0.1, 0.15) is 0 Å². The number of halogens is 6. The van der Waals surface area contributed by atoms with Crippen molar-refractivity contribution in [2.75, 3.05) is 6.61 Å². The average molecular weight is 321 g/mol. The number of alkyl halides is 5. The lowest BCUT2D eigenvalue weighted by Gasteiger charge is -2.14. The molecule has 1 aromatic rings. The molecule has 0 amide bonds. The van der Waals surface area contributed by atoms with Gasteiger partial charge < -0.3 is 9.47 Å². The Balaban J connectivity index is 2.88. The average Bonchev–Trinajstić information content (AvgIpc) is 2.13. The van der Waals surface area contributed by atoms with Crippen molar-refractivity contribution in [1.29, 1.82) is 0 Å². The molecule has 0 aliphatic heterocycles. The van der Waals surface area contributed by atoms with E-state index in [4.69, 9.17) is 0 Å². The highest BCUT2D eigenvalue weighted by atomic mass is 79.9. The number of rotatable bonds is 4. The topological polar surface area (TPSA) is 18.5 Å². The predicted octanol–water partition coefficient (Wildman–Crippen LogP) is 3.99. The van der Waals surface area contributed by atoms with Gasteiger partial charge in [-0.25, -0.2) is 8.78 Å². The van der Waals surface area contributed by atoms with Gasteiger partial charge in [0.2, 0.25) is 0 Å². The fourth-order valence-electron chi connectivity index (χ4n) is 0.958. The van der Waals surface area contributed by atoms with Crippen molar-refractivity contribution >= 4 is 15.9 Å². The second-order valence-electron chi connectivity index (χ2n) is 2.84. The van der Waals surface area contributed by atoms with E-state index < -0.39 is 30.9 Å². The third-order valence-corrected chi connectivity index (χ3v) is 1.99. The van der Waals surface area contributed by atoms with Crippen LogP contribution in [-0.2, 0) is 0 Å². The highest BCUT2D eigenvalue weighted by Gasteiger charge is 2.32. The summed E-state index contributed by atoms with van der Waals surface area (Å²) in [6.07, 6.45) is -7.69. The van der Waals surface area contributed by atoms with Crippen LogP contribution in [0.5, 0.6) is 11.5 Å². The van der Waals surface area contributed by atoms with E-state index in [-0.39, 0.29) is 0 Å². The van der Waals surface area contributed by atoms with Gasteiger partial charge in [-0.3, -0.25) is 0 Å². The zero-order chi connectivity index (χ0) is 13.1. The van der Waals surface area contributed by atoms with Crippen LogP contribution in [0.15, 0.2) is 22.7 Å². The molecular formula is C9H6BrF5O2. The van der Waals surface area contributed by atoms with E-state index in [0.717, 1.165) is 12.1 Å². The molecule has 0 aliphatic rings. The molecular weight excluding hydrogens is 315 g/mol. The minimum absolute atomic E-state index is 0.307. The SMILES string of the molecule is FC(F)COc1ccc(Br)cc1OC(F)(F)F. The monoisotopic (exact) mass is 320 g/mol. The molecule has 0 spiro atoms. The normalized spacial score (nSPS) is 11.7. The Kier molecular flexibility index (Phi) is 4.55. The minimum Gasteiger partial charge on any atom is -0.484 e. The molecule has 2 nitrogen and oxygen atoms in total. The zero-order valence-electron chi connectivity index (χ0n) is 8.10. The molecule has 0 radical (unpaired) electrons. The molecule has 1 aromatic carbocycles. The summed E-state index contributed by atoms with van der Waals surface area (Å²) >= 11 is 2.93. The molecule has 0 bridgehead atoms. The molecule has 0 saturated carbocycles.